The van der Waals surface area contributed by atoms with Crippen LogP contribution in [0.3, 0.4) is 0 Å². The minimum absolute atomic E-state index is 0.0518. The van der Waals surface area contributed by atoms with Gasteiger partial charge in [-0.25, -0.2) is 4.39 Å². The summed E-state index contributed by atoms with van der Waals surface area (Å²) >= 11 is 0. The summed E-state index contributed by atoms with van der Waals surface area (Å²) in [5, 5.41) is 30.4. The predicted octanol–water partition coefficient (Wildman–Crippen LogP) is 5.23. The van der Waals surface area contributed by atoms with Gasteiger partial charge in [-0.3, -0.25) is 9.00 Å². The molecule has 0 radical (unpaired) electrons. The number of aliphatic hydroxyl groups is 1. The van der Waals surface area contributed by atoms with E-state index < -0.39 is 34.0 Å². The molecule has 1 fully saturated rings. The first-order valence-electron chi connectivity index (χ1n) is 12.1. The Balaban J connectivity index is 1.42. The van der Waals surface area contributed by atoms with Gasteiger partial charge in [-0.2, -0.15) is 0 Å². The van der Waals surface area contributed by atoms with Crippen LogP contribution >= 0.6 is 0 Å². The van der Waals surface area contributed by atoms with Crippen molar-refractivity contribution in [3.8, 4) is 22.6 Å². The molecular weight excluding hydrogens is 505 g/mol. The molecule has 0 aliphatic carbocycles. The maximum atomic E-state index is 13.4. The van der Waals surface area contributed by atoms with Gasteiger partial charge in [0.05, 0.1) is 12.1 Å². The molecule has 1 saturated heterocycles. The maximum absolute atomic E-state index is 13.4. The molecule has 4 aromatic rings. The zero-order valence-corrected chi connectivity index (χ0v) is 21.1. The van der Waals surface area contributed by atoms with E-state index in [0.717, 1.165) is 0 Å². The van der Waals surface area contributed by atoms with Crippen LogP contribution in [0.25, 0.3) is 11.1 Å². The van der Waals surface area contributed by atoms with Crippen molar-refractivity contribution in [3.05, 3.63) is 114 Å². The van der Waals surface area contributed by atoms with Crippen LogP contribution in [0, 0.1) is 5.82 Å². The van der Waals surface area contributed by atoms with Gasteiger partial charge in [-0.1, -0.05) is 54.6 Å². The molecule has 6 nitrogen and oxygen atoms in total. The van der Waals surface area contributed by atoms with Crippen molar-refractivity contribution in [1.29, 1.82) is 0 Å². The fourth-order valence-corrected chi connectivity index (χ4v) is 6.37. The lowest BCUT2D eigenvalue weighted by molar-refractivity contribution is -0.123. The largest absolute Gasteiger partial charge is 0.508 e. The number of aromatic hydroxyl groups is 2. The van der Waals surface area contributed by atoms with Crippen molar-refractivity contribution >= 4 is 22.4 Å². The van der Waals surface area contributed by atoms with Crippen LogP contribution in [0.1, 0.15) is 29.7 Å². The molecule has 1 aliphatic heterocycles. The average Bonchev–Trinajstić information content (AvgIpc) is 2.91. The fraction of sp³-hybridized carbons (Fsp3) is 0.167. The zero-order valence-electron chi connectivity index (χ0n) is 20.3. The lowest BCUT2D eigenvalue weighted by Crippen LogP contribution is -2.61. The van der Waals surface area contributed by atoms with E-state index in [1.54, 1.807) is 60.7 Å². The summed E-state index contributed by atoms with van der Waals surface area (Å²) in [5.74, 6) is -0.645. The van der Waals surface area contributed by atoms with Gasteiger partial charge >= 0.3 is 0 Å². The van der Waals surface area contributed by atoms with Crippen molar-refractivity contribution in [2.75, 3.05) is 10.7 Å². The normalized spacial score (nSPS) is 18.6. The monoisotopic (exact) mass is 531 g/mol. The molecule has 0 aromatic heterocycles. The second-order valence-electron chi connectivity index (χ2n) is 9.17. The Kier molecular flexibility index (Phi) is 7.26. The molecule has 0 spiro atoms. The Morgan fingerprint density at radius 2 is 1.58 bits per heavy atom. The first-order valence-corrected chi connectivity index (χ1v) is 13.5. The number of amides is 1. The number of β-lactam (4-membered cyclic amide) rings is 1. The molecule has 1 unspecified atom stereocenters. The number of phenolic OH excluding ortho intramolecular Hbond substituents is 2. The molecule has 1 amide bonds. The highest BCUT2D eigenvalue weighted by Gasteiger charge is 2.53. The molecule has 0 saturated carbocycles. The van der Waals surface area contributed by atoms with Gasteiger partial charge in [-0.05, 0) is 65.6 Å². The third kappa shape index (κ3) is 5.05. The van der Waals surface area contributed by atoms with Gasteiger partial charge < -0.3 is 20.2 Å². The number of hydrogen-bond donors (Lipinski definition) is 3. The minimum Gasteiger partial charge on any atom is -0.508 e. The molecule has 0 bridgehead atoms. The molecule has 194 valence electrons. The van der Waals surface area contributed by atoms with Crippen LogP contribution in [0.15, 0.2) is 97.1 Å². The van der Waals surface area contributed by atoms with Crippen molar-refractivity contribution < 1.29 is 28.7 Å². The lowest BCUT2D eigenvalue weighted by atomic mass is 9.90. The number of phenols is 2. The van der Waals surface area contributed by atoms with Crippen LogP contribution in [-0.2, 0) is 15.6 Å². The number of benzene rings is 4. The van der Waals surface area contributed by atoms with Gasteiger partial charge in [0.25, 0.3) is 0 Å². The first kappa shape index (κ1) is 25.6. The number of para-hydroxylation sites is 1. The Labute approximate surface area is 222 Å². The molecule has 8 heteroatoms. The summed E-state index contributed by atoms with van der Waals surface area (Å²) in [5.41, 5.74) is 2.98. The highest BCUT2D eigenvalue weighted by atomic mass is 32.2. The minimum atomic E-state index is -1.65. The topological polar surface area (TPSA) is 98.1 Å². The van der Waals surface area contributed by atoms with Gasteiger partial charge in [-0.15, -0.1) is 0 Å². The number of hydrogen-bond acceptors (Lipinski definition) is 5. The van der Waals surface area contributed by atoms with Crippen molar-refractivity contribution in [2.24, 2.45) is 0 Å². The van der Waals surface area contributed by atoms with Gasteiger partial charge in [0.15, 0.2) is 0 Å². The Hall–Kier alpha value is -4.01. The van der Waals surface area contributed by atoms with E-state index in [1.807, 2.05) is 12.1 Å². The van der Waals surface area contributed by atoms with E-state index in [9.17, 15) is 28.7 Å². The van der Waals surface area contributed by atoms with E-state index in [0.29, 0.717) is 27.9 Å². The average molecular weight is 532 g/mol. The molecule has 5 rings (SSSR count). The van der Waals surface area contributed by atoms with E-state index in [-0.39, 0.29) is 29.6 Å². The van der Waals surface area contributed by atoms with Crippen LogP contribution in [0.5, 0.6) is 11.5 Å². The third-order valence-electron chi connectivity index (χ3n) is 6.74. The quantitative estimate of drug-likeness (QED) is 0.271. The molecule has 4 aromatic carbocycles. The van der Waals surface area contributed by atoms with E-state index in [4.69, 9.17) is 0 Å². The molecule has 4 atom stereocenters. The maximum Gasteiger partial charge on any atom is 0.245 e. The number of halogens is 1. The number of aliphatic hydroxyl groups excluding tert-OH is 1. The number of rotatable bonds is 8. The SMILES string of the molecule is O=C1[C@H](S(=O)CC[C@H](O)c2ccc(F)cc2)[C@@H](c2ccc(-c3cccc(O)c3)cc2O)N1c1ccccc1. The molecule has 1 aliphatic rings. The summed E-state index contributed by atoms with van der Waals surface area (Å²) in [6, 6.07) is 25.5. The van der Waals surface area contributed by atoms with Crippen molar-refractivity contribution in [1.82, 2.24) is 0 Å². The van der Waals surface area contributed by atoms with Crippen LogP contribution in [-0.4, -0.2) is 36.4 Å². The van der Waals surface area contributed by atoms with Gasteiger partial charge in [0.1, 0.15) is 22.6 Å². The molecule has 38 heavy (non-hydrogen) atoms. The second-order valence-corrected chi connectivity index (χ2v) is 10.9. The highest BCUT2D eigenvalue weighted by Crippen LogP contribution is 2.45. The van der Waals surface area contributed by atoms with E-state index >= 15 is 0 Å². The van der Waals surface area contributed by atoms with Crippen LogP contribution in [0.2, 0.25) is 0 Å². The summed E-state index contributed by atoms with van der Waals surface area (Å²) in [4.78, 5) is 14.8. The van der Waals surface area contributed by atoms with E-state index in [2.05, 4.69) is 0 Å². The Morgan fingerprint density at radius 1 is 0.868 bits per heavy atom. The molecular formula is C30H26FNO5S. The molecule has 3 N–H and O–H groups in total. The standard InChI is InChI=1S/C30H26FNO5S/c31-22-12-9-19(10-13-22)26(34)15-16-38(37)29-28(32(30(29)36)23-6-2-1-3-7-23)25-14-11-21(18-27(25)35)20-5-4-8-24(33)17-20/h1-14,17-18,26,28-29,33-35H,15-16H2/t26-,28+,29+,38?/m0/s1. The third-order valence-corrected chi connectivity index (χ3v) is 8.40. The predicted molar refractivity (Wildman–Crippen MR) is 145 cm³/mol. The lowest BCUT2D eigenvalue weighted by Gasteiger charge is -2.47. The molecule has 1 heterocycles. The number of carbonyl (C=O) groups excluding carboxylic acids is 1. The zero-order chi connectivity index (χ0) is 26.8. The summed E-state index contributed by atoms with van der Waals surface area (Å²) in [6.07, 6.45) is -0.823. The van der Waals surface area contributed by atoms with Crippen LogP contribution in [0.4, 0.5) is 10.1 Å². The smallest absolute Gasteiger partial charge is 0.245 e. The van der Waals surface area contributed by atoms with Crippen LogP contribution < -0.4 is 4.90 Å². The number of carbonyl (C=O) groups is 1. The number of anilines is 1. The Bertz CT molecular complexity index is 1480. The summed E-state index contributed by atoms with van der Waals surface area (Å²) < 4.78 is 26.6. The fourth-order valence-electron chi connectivity index (χ4n) is 4.76. The van der Waals surface area contributed by atoms with Crippen molar-refractivity contribution in [2.45, 2.75) is 23.8 Å². The summed E-state index contributed by atoms with van der Waals surface area (Å²) in [7, 11) is -1.65. The van der Waals surface area contributed by atoms with Crippen molar-refractivity contribution in [3.63, 3.8) is 0 Å². The first-order chi connectivity index (χ1) is 18.3. The second kappa shape index (κ2) is 10.8. The summed E-state index contributed by atoms with van der Waals surface area (Å²) in [6.45, 7) is 0. The van der Waals surface area contributed by atoms with Gasteiger partial charge in [0.2, 0.25) is 5.91 Å². The van der Waals surface area contributed by atoms with E-state index in [1.165, 1.54) is 29.2 Å². The number of nitrogens with zero attached hydrogens (tertiary/aromatic N) is 1. The Morgan fingerprint density at radius 3 is 2.26 bits per heavy atom. The highest BCUT2D eigenvalue weighted by molar-refractivity contribution is 7.86. The van der Waals surface area contributed by atoms with Gasteiger partial charge in [0, 0.05) is 27.8 Å².